The molecule has 0 unspecified atom stereocenters. The minimum atomic E-state index is 0.0917. The first-order valence-electron chi connectivity index (χ1n) is 10.7. The molecule has 1 aromatic rings. The minimum Gasteiger partial charge on any atom is -0.332 e. The molecule has 146 valence electrons. The van der Waals surface area contributed by atoms with Crippen molar-refractivity contribution >= 4 is 28.9 Å². The molecule has 5 rings (SSSR count). The Labute approximate surface area is 168 Å². The highest BCUT2D eigenvalue weighted by atomic mass is 32.1. The second-order valence-electron chi connectivity index (χ2n) is 9.40. The van der Waals surface area contributed by atoms with Crippen LogP contribution in [0.25, 0.3) is 0 Å². The molecule has 4 saturated carbocycles. The van der Waals surface area contributed by atoms with Crippen LogP contribution in [-0.2, 0) is 11.2 Å². The number of anilines is 1. The number of benzene rings is 1. The van der Waals surface area contributed by atoms with Gasteiger partial charge >= 0.3 is 0 Å². The smallest absolute Gasteiger partial charge is 0.226 e. The van der Waals surface area contributed by atoms with Crippen LogP contribution in [0.2, 0.25) is 0 Å². The molecule has 4 fully saturated rings. The number of hydrogen-bond acceptors (Lipinski definition) is 2. The summed E-state index contributed by atoms with van der Waals surface area (Å²) in [6.45, 7) is 2.21. The van der Waals surface area contributed by atoms with Crippen LogP contribution in [0.3, 0.4) is 0 Å². The Hall–Kier alpha value is -1.42. The highest BCUT2D eigenvalue weighted by Crippen LogP contribution is 2.61. The van der Waals surface area contributed by atoms with E-state index in [0.717, 1.165) is 29.9 Å². The molecule has 0 atom stereocenters. The molecular weight excluding hydrogens is 352 g/mol. The van der Waals surface area contributed by atoms with Gasteiger partial charge in [-0.1, -0.05) is 25.5 Å². The monoisotopic (exact) mass is 384 g/mol. The molecule has 4 heteroatoms. The molecule has 0 aliphatic heterocycles. The Morgan fingerprint density at radius 2 is 1.67 bits per heavy atom. The van der Waals surface area contributed by atoms with E-state index in [-0.39, 0.29) is 11.3 Å². The Bertz CT molecular complexity index is 662. The Balaban J connectivity index is 1.28. The number of thiocarbonyl (C=S) groups is 1. The maximum absolute atomic E-state index is 12.7. The van der Waals surface area contributed by atoms with Gasteiger partial charge in [-0.25, -0.2) is 0 Å². The minimum absolute atomic E-state index is 0.0917. The first kappa shape index (κ1) is 18.9. The molecule has 4 aliphatic rings. The average Bonchev–Trinajstić information content (AvgIpc) is 2.59. The van der Waals surface area contributed by atoms with E-state index in [1.807, 2.05) is 12.1 Å². The van der Waals surface area contributed by atoms with E-state index in [4.69, 9.17) is 12.2 Å². The highest BCUT2D eigenvalue weighted by Gasteiger charge is 2.51. The summed E-state index contributed by atoms with van der Waals surface area (Å²) in [5, 5.41) is 6.52. The SMILES string of the molecule is CCCCc1ccc(NC(=S)NC(=O)CC23CC4CC(CC(C4)C2)C3)cc1. The maximum atomic E-state index is 12.7. The van der Waals surface area contributed by atoms with Gasteiger partial charge in [0.2, 0.25) is 5.91 Å². The summed E-state index contributed by atoms with van der Waals surface area (Å²) in [4.78, 5) is 12.7. The van der Waals surface area contributed by atoms with Gasteiger partial charge in [0.05, 0.1) is 0 Å². The average molecular weight is 385 g/mol. The van der Waals surface area contributed by atoms with E-state index in [2.05, 4.69) is 29.7 Å². The van der Waals surface area contributed by atoms with Gasteiger partial charge in [-0.15, -0.1) is 0 Å². The zero-order valence-electron chi connectivity index (χ0n) is 16.4. The zero-order chi connectivity index (χ0) is 18.9. The van der Waals surface area contributed by atoms with Crippen LogP contribution in [0.5, 0.6) is 0 Å². The largest absolute Gasteiger partial charge is 0.332 e. The molecule has 0 aromatic heterocycles. The van der Waals surface area contributed by atoms with Crippen molar-refractivity contribution in [3.05, 3.63) is 29.8 Å². The molecule has 4 bridgehead atoms. The quantitative estimate of drug-likeness (QED) is 0.641. The van der Waals surface area contributed by atoms with Gasteiger partial charge in [0.25, 0.3) is 0 Å². The summed E-state index contributed by atoms with van der Waals surface area (Å²) in [6.07, 6.45) is 12.2. The predicted molar refractivity (Wildman–Crippen MR) is 115 cm³/mol. The van der Waals surface area contributed by atoms with Crippen molar-refractivity contribution in [1.82, 2.24) is 5.32 Å². The molecule has 0 saturated heterocycles. The highest BCUT2D eigenvalue weighted by molar-refractivity contribution is 7.80. The Morgan fingerprint density at radius 3 is 2.22 bits per heavy atom. The third-order valence-corrected chi connectivity index (χ3v) is 7.19. The summed E-state index contributed by atoms with van der Waals surface area (Å²) in [5.41, 5.74) is 2.55. The number of carbonyl (C=O) groups is 1. The van der Waals surface area contributed by atoms with Crippen LogP contribution in [0.1, 0.15) is 70.3 Å². The van der Waals surface area contributed by atoms with Crippen LogP contribution in [0, 0.1) is 23.2 Å². The van der Waals surface area contributed by atoms with E-state index < -0.39 is 0 Å². The molecule has 0 heterocycles. The van der Waals surface area contributed by atoms with Crippen LogP contribution < -0.4 is 10.6 Å². The number of carbonyl (C=O) groups excluding carboxylic acids is 1. The molecular formula is C23H32N2OS. The van der Waals surface area contributed by atoms with Crippen molar-refractivity contribution in [2.45, 2.75) is 71.1 Å². The van der Waals surface area contributed by atoms with Gasteiger partial charge in [-0.2, -0.15) is 0 Å². The van der Waals surface area contributed by atoms with Gasteiger partial charge in [-0.3, -0.25) is 4.79 Å². The van der Waals surface area contributed by atoms with Crippen molar-refractivity contribution in [3.63, 3.8) is 0 Å². The summed E-state index contributed by atoms with van der Waals surface area (Å²) in [5.74, 6) is 2.72. The molecule has 1 aromatic carbocycles. The van der Waals surface area contributed by atoms with Crippen molar-refractivity contribution in [2.75, 3.05) is 5.32 Å². The normalized spacial score (nSPS) is 30.9. The second-order valence-corrected chi connectivity index (χ2v) is 9.81. The van der Waals surface area contributed by atoms with Gasteiger partial charge in [-0.05, 0) is 104 Å². The van der Waals surface area contributed by atoms with E-state index >= 15 is 0 Å². The number of rotatable bonds is 6. The van der Waals surface area contributed by atoms with E-state index in [9.17, 15) is 4.79 Å². The number of aryl methyl sites for hydroxylation is 1. The van der Waals surface area contributed by atoms with Gasteiger partial charge in [0.15, 0.2) is 5.11 Å². The maximum Gasteiger partial charge on any atom is 0.226 e. The first-order valence-corrected chi connectivity index (χ1v) is 11.1. The number of hydrogen-bond donors (Lipinski definition) is 2. The fraction of sp³-hybridized carbons (Fsp3) is 0.652. The van der Waals surface area contributed by atoms with E-state index in [1.165, 1.54) is 56.9 Å². The van der Waals surface area contributed by atoms with Crippen LogP contribution >= 0.6 is 12.2 Å². The third-order valence-electron chi connectivity index (χ3n) is 6.98. The summed E-state index contributed by atoms with van der Waals surface area (Å²) >= 11 is 5.38. The summed E-state index contributed by atoms with van der Waals surface area (Å²) < 4.78 is 0. The van der Waals surface area contributed by atoms with Crippen LogP contribution in [0.15, 0.2) is 24.3 Å². The van der Waals surface area contributed by atoms with Crippen LogP contribution in [0.4, 0.5) is 5.69 Å². The molecule has 3 nitrogen and oxygen atoms in total. The second kappa shape index (κ2) is 7.90. The van der Waals surface area contributed by atoms with Crippen LogP contribution in [-0.4, -0.2) is 11.0 Å². The molecule has 0 spiro atoms. The van der Waals surface area contributed by atoms with Crippen molar-refractivity contribution < 1.29 is 4.79 Å². The lowest BCUT2D eigenvalue weighted by Crippen LogP contribution is -2.48. The lowest BCUT2D eigenvalue weighted by molar-refractivity contribution is -0.127. The van der Waals surface area contributed by atoms with Crippen molar-refractivity contribution in [2.24, 2.45) is 23.2 Å². The fourth-order valence-electron chi connectivity index (χ4n) is 6.32. The van der Waals surface area contributed by atoms with Crippen molar-refractivity contribution in [1.29, 1.82) is 0 Å². The number of nitrogens with one attached hydrogen (secondary N) is 2. The van der Waals surface area contributed by atoms with Crippen molar-refractivity contribution in [3.8, 4) is 0 Å². The fourth-order valence-corrected chi connectivity index (χ4v) is 6.55. The predicted octanol–water partition coefficient (Wildman–Crippen LogP) is 5.45. The molecule has 1 amide bonds. The standard InChI is InChI=1S/C23H32N2OS/c1-2-3-4-16-5-7-20(8-6-16)24-22(27)25-21(26)15-23-12-17-9-18(13-23)11-19(10-17)14-23/h5-8,17-19H,2-4,9-15H2,1H3,(H2,24,25,26,27). The van der Waals surface area contributed by atoms with Gasteiger partial charge in [0.1, 0.15) is 0 Å². The molecule has 27 heavy (non-hydrogen) atoms. The van der Waals surface area contributed by atoms with Gasteiger partial charge < -0.3 is 10.6 Å². The summed E-state index contributed by atoms with van der Waals surface area (Å²) in [6, 6.07) is 8.36. The zero-order valence-corrected chi connectivity index (χ0v) is 17.2. The van der Waals surface area contributed by atoms with E-state index in [1.54, 1.807) is 0 Å². The molecule has 0 radical (unpaired) electrons. The number of unbranched alkanes of at least 4 members (excludes halogenated alkanes) is 1. The summed E-state index contributed by atoms with van der Waals surface area (Å²) in [7, 11) is 0. The first-order chi connectivity index (χ1) is 13.0. The van der Waals surface area contributed by atoms with E-state index in [0.29, 0.717) is 11.5 Å². The molecule has 2 N–H and O–H groups in total. The molecule has 4 aliphatic carbocycles. The lowest BCUT2D eigenvalue weighted by atomic mass is 9.49. The topological polar surface area (TPSA) is 41.1 Å². The Kier molecular flexibility index (Phi) is 5.54. The van der Waals surface area contributed by atoms with Gasteiger partial charge in [0, 0.05) is 12.1 Å². The lowest BCUT2D eigenvalue weighted by Gasteiger charge is -2.56. The Morgan fingerprint density at radius 1 is 1.07 bits per heavy atom. The third kappa shape index (κ3) is 4.53. The number of amides is 1.